The Bertz CT molecular complexity index is 341. The second-order valence-electron chi connectivity index (χ2n) is 3.94. The van der Waals surface area contributed by atoms with E-state index in [1.165, 1.54) is 13.2 Å². The molecule has 0 spiro atoms. The minimum Gasteiger partial charge on any atom is -0.466 e. The van der Waals surface area contributed by atoms with E-state index in [0.717, 1.165) is 24.8 Å². The largest absolute Gasteiger partial charge is 0.466 e. The predicted octanol–water partition coefficient (Wildman–Crippen LogP) is 2.01. The quantitative estimate of drug-likeness (QED) is 0.555. The van der Waals surface area contributed by atoms with Crippen molar-refractivity contribution >= 4 is 11.9 Å². The first kappa shape index (κ1) is 13.5. The summed E-state index contributed by atoms with van der Waals surface area (Å²) in [6.45, 7) is 2.18. The Hall–Kier alpha value is -1.58. The third-order valence-electron chi connectivity index (χ3n) is 2.67. The number of methoxy groups -OCH3 is 1. The summed E-state index contributed by atoms with van der Waals surface area (Å²) in [7, 11) is 1.35. The van der Waals surface area contributed by atoms with Gasteiger partial charge in [0, 0.05) is 12.2 Å². The molecule has 1 aliphatic rings. The Morgan fingerprint density at radius 2 is 2.18 bits per heavy atom. The maximum Gasteiger partial charge on any atom is 0.330 e. The van der Waals surface area contributed by atoms with Gasteiger partial charge in [-0.2, -0.15) is 0 Å². The summed E-state index contributed by atoms with van der Waals surface area (Å²) < 4.78 is 9.37. The lowest BCUT2D eigenvalue weighted by atomic mass is 10.1. The zero-order valence-electron chi connectivity index (χ0n) is 10.3. The van der Waals surface area contributed by atoms with E-state index >= 15 is 0 Å². The fourth-order valence-corrected chi connectivity index (χ4v) is 1.84. The van der Waals surface area contributed by atoms with Crippen LogP contribution in [0.3, 0.4) is 0 Å². The third-order valence-corrected chi connectivity index (χ3v) is 2.67. The van der Waals surface area contributed by atoms with Crippen LogP contribution in [0.4, 0.5) is 0 Å². The van der Waals surface area contributed by atoms with Gasteiger partial charge >= 0.3 is 11.9 Å². The number of hydrogen-bond acceptors (Lipinski definition) is 4. The first-order valence-corrected chi connectivity index (χ1v) is 5.78. The molecule has 4 nitrogen and oxygen atoms in total. The molecule has 1 unspecified atom stereocenters. The fourth-order valence-electron chi connectivity index (χ4n) is 1.84. The number of hydrogen-bond donors (Lipinski definition) is 0. The van der Waals surface area contributed by atoms with Gasteiger partial charge in [0.25, 0.3) is 0 Å². The maximum atomic E-state index is 11.2. The van der Waals surface area contributed by atoms with Gasteiger partial charge in [0.1, 0.15) is 0 Å². The molecule has 0 bridgehead atoms. The molecule has 0 saturated heterocycles. The van der Waals surface area contributed by atoms with Crippen molar-refractivity contribution in [1.82, 2.24) is 0 Å². The van der Waals surface area contributed by atoms with Gasteiger partial charge in [-0.1, -0.05) is 11.6 Å². The van der Waals surface area contributed by atoms with Crippen LogP contribution in [0.15, 0.2) is 23.8 Å². The second kappa shape index (κ2) is 6.89. The van der Waals surface area contributed by atoms with E-state index in [4.69, 9.17) is 4.74 Å². The Labute approximate surface area is 101 Å². The molecule has 0 radical (unpaired) electrons. The van der Waals surface area contributed by atoms with Crippen LogP contribution in [-0.2, 0) is 19.1 Å². The van der Waals surface area contributed by atoms with E-state index in [0.29, 0.717) is 12.5 Å². The Balaban J connectivity index is 2.44. The monoisotopic (exact) mass is 238 g/mol. The van der Waals surface area contributed by atoms with E-state index < -0.39 is 0 Å². The number of esters is 2. The van der Waals surface area contributed by atoms with Gasteiger partial charge in [0.15, 0.2) is 0 Å². The first-order chi connectivity index (χ1) is 8.15. The van der Waals surface area contributed by atoms with Gasteiger partial charge in [0.05, 0.1) is 13.7 Å². The fraction of sp³-hybridized carbons (Fsp3) is 0.538. The molecule has 0 heterocycles. The number of rotatable bonds is 4. The molecule has 1 saturated carbocycles. The average Bonchev–Trinajstić information content (AvgIpc) is 2.74. The van der Waals surface area contributed by atoms with E-state index in [9.17, 15) is 9.59 Å². The van der Waals surface area contributed by atoms with Crippen LogP contribution < -0.4 is 0 Å². The number of ether oxygens (including phenoxy) is 2. The molecule has 1 rings (SSSR count). The number of allylic oxidation sites excluding steroid dienone is 2. The molecule has 0 aromatic carbocycles. The van der Waals surface area contributed by atoms with Crippen LogP contribution >= 0.6 is 0 Å². The lowest BCUT2D eigenvalue weighted by molar-refractivity contribution is -0.137. The molecule has 0 N–H and O–H groups in total. The second-order valence-corrected chi connectivity index (χ2v) is 3.94. The van der Waals surface area contributed by atoms with Crippen LogP contribution in [0.5, 0.6) is 0 Å². The van der Waals surface area contributed by atoms with Gasteiger partial charge in [-0.05, 0) is 32.1 Å². The van der Waals surface area contributed by atoms with Crippen molar-refractivity contribution in [2.45, 2.75) is 26.2 Å². The van der Waals surface area contributed by atoms with Gasteiger partial charge < -0.3 is 9.47 Å². The van der Waals surface area contributed by atoms with E-state index in [1.54, 1.807) is 13.0 Å². The van der Waals surface area contributed by atoms with Gasteiger partial charge in [0.2, 0.25) is 0 Å². The van der Waals surface area contributed by atoms with Crippen molar-refractivity contribution in [2.75, 3.05) is 13.7 Å². The topological polar surface area (TPSA) is 52.6 Å². The minimum atomic E-state index is -0.340. The maximum absolute atomic E-state index is 11.2. The van der Waals surface area contributed by atoms with Gasteiger partial charge in [-0.3, -0.25) is 0 Å². The van der Waals surface area contributed by atoms with Crippen LogP contribution in [0.25, 0.3) is 0 Å². The molecular weight excluding hydrogens is 220 g/mol. The molecular formula is C13H18O4. The molecule has 17 heavy (non-hydrogen) atoms. The molecule has 0 aliphatic heterocycles. The lowest BCUT2D eigenvalue weighted by Gasteiger charge is -2.00. The van der Waals surface area contributed by atoms with Gasteiger partial charge in [-0.25, -0.2) is 9.59 Å². The Morgan fingerprint density at radius 1 is 1.41 bits per heavy atom. The van der Waals surface area contributed by atoms with E-state index in [2.05, 4.69) is 4.74 Å². The van der Waals surface area contributed by atoms with Crippen molar-refractivity contribution in [3.63, 3.8) is 0 Å². The SMILES string of the molecule is CCOC(=O)/C=C1/CCC(/C=C/C(=O)OC)C1. The van der Waals surface area contributed by atoms with E-state index in [1.807, 2.05) is 6.08 Å². The minimum absolute atomic E-state index is 0.278. The smallest absolute Gasteiger partial charge is 0.330 e. The van der Waals surface area contributed by atoms with Crippen LogP contribution in [-0.4, -0.2) is 25.7 Å². The highest BCUT2D eigenvalue weighted by Gasteiger charge is 2.18. The summed E-state index contributed by atoms with van der Waals surface area (Å²) >= 11 is 0. The molecule has 0 amide bonds. The standard InChI is InChI=1S/C13H18O4/c1-3-17-13(15)9-11-5-4-10(8-11)6-7-12(14)16-2/h6-7,9-10H,3-5,8H2,1-2H3/b7-6+,11-9-. The van der Waals surface area contributed by atoms with Gasteiger partial charge in [-0.15, -0.1) is 0 Å². The summed E-state index contributed by atoms with van der Waals surface area (Å²) in [5.74, 6) is -0.303. The predicted molar refractivity (Wildman–Crippen MR) is 63.2 cm³/mol. The highest BCUT2D eigenvalue weighted by atomic mass is 16.5. The summed E-state index contributed by atoms with van der Waals surface area (Å²) in [5.41, 5.74) is 1.09. The molecule has 1 fully saturated rings. The van der Waals surface area contributed by atoms with E-state index in [-0.39, 0.29) is 11.9 Å². The summed E-state index contributed by atoms with van der Waals surface area (Å²) in [6.07, 6.45) is 7.51. The van der Waals surface area contributed by atoms with Crippen molar-refractivity contribution < 1.29 is 19.1 Å². The third kappa shape index (κ3) is 4.85. The summed E-state index contributed by atoms with van der Waals surface area (Å²) in [4.78, 5) is 22.1. The van der Waals surface area contributed by atoms with Crippen molar-refractivity contribution in [1.29, 1.82) is 0 Å². The first-order valence-electron chi connectivity index (χ1n) is 5.78. The van der Waals surface area contributed by atoms with Crippen LogP contribution in [0.2, 0.25) is 0 Å². The van der Waals surface area contributed by atoms with Crippen LogP contribution in [0.1, 0.15) is 26.2 Å². The average molecular weight is 238 g/mol. The van der Waals surface area contributed by atoms with Crippen molar-refractivity contribution in [2.24, 2.45) is 5.92 Å². The highest BCUT2D eigenvalue weighted by molar-refractivity contribution is 5.83. The molecule has 4 heteroatoms. The normalized spacial score (nSPS) is 22.0. The van der Waals surface area contributed by atoms with Crippen LogP contribution in [0, 0.1) is 5.92 Å². The summed E-state index contributed by atoms with van der Waals surface area (Å²) in [5, 5.41) is 0. The molecule has 0 aromatic rings. The molecule has 1 aliphatic carbocycles. The highest BCUT2D eigenvalue weighted by Crippen LogP contribution is 2.31. The Morgan fingerprint density at radius 3 is 2.82 bits per heavy atom. The molecule has 1 atom stereocenters. The molecule has 0 aromatic heterocycles. The lowest BCUT2D eigenvalue weighted by Crippen LogP contribution is -2.00. The van der Waals surface area contributed by atoms with Crippen molar-refractivity contribution in [3.05, 3.63) is 23.8 Å². The number of carbonyl (C=O) groups excluding carboxylic acids is 2. The zero-order chi connectivity index (χ0) is 12.7. The van der Waals surface area contributed by atoms with Crippen molar-refractivity contribution in [3.8, 4) is 0 Å². The Kier molecular flexibility index (Phi) is 5.46. The summed E-state index contributed by atoms with van der Waals surface area (Å²) in [6, 6.07) is 0. The number of carbonyl (C=O) groups is 2. The zero-order valence-corrected chi connectivity index (χ0v) is 10.3. The molecule has 94 valence electrons.